The number of carbonyl (C=O) groups excluding carboxylic acids is 2. The minimum atomic E-state index is -0.478. The van der Waals surface area contributed by atoms with Crippen LogP contribution in [0.5, 0.6) is 5.75 Å². The van der Waals surface area contributed by atoms with Gasteiger partial charge in [-0.1, -0.05) is 61.0 Å². The van der Waals surface area contributed by atoms with E-state index in [9.17, 15) is 9.59 Å². The molecular weight excluding hydrogens is 500 g/mol. The fourth-order valence-electron chi connectivity index (χ4n) is 5.87. The van der Waals surface area contributed by atoms with Crippen LogP contribution in [0.15, 0.2) is 84.9 Å². The van der Waals surface area contributed by atoms with Crippen molar-refractivity contribution in [1.82, 2.24) is 5.32 Å². The van der Waals surface area contributed by atoms with Crippen molar-refractivity contribution in [3.05, 3.63) is 107 Å². The number of hydrogen-bond donors (Lipinski definition) is 2. The number of methoxy groups -OCH3 is 2. The Morgan fingerprint density at radius 1 is 0.875 bits per heavy atom. The van der Waals surface area contributed by atoms with E-state index in [-0.39, 0.29) is 11.9 Å². The molecule has 0 unspecified atom stereocenters. The summed E-state index contributed by atoms with van der Waals surface area (Å²) in [7, 11) is 2.84. The number of carbonyl (C=O) groups is 2. The monoisotopic (exact) mass is 536 g/mol. The van der Waals surface area contributed by atoms with Crippen molar-refractivity contribution in [2.24, 2.45) is 0 Å². The van der Waals surface area contributed by atoms with E-state index in [2.05, 4.69) is 72.2 Å². The molecule has 6 heteroatoms. The lowest BCUT2D eigenvalue weighted by Gasteiger charge is -2.32. The molecule has 0 bridgehead atoms. The van der Waals surface area contributed by atoms with E-state index >= 15 is 0 Å². The number of esters is 1. The van der Waals surface area contributed by atoms with Crippen molar-refractivity contribution in [2.75, 3.05) is 19.5 Å². The molecule has 206 valence electrons. The van der Waals surface area contributed by atoms with Gasteiger partial charge < -0.3 is 20.1 Å². The number of anilines is 1. The predicted octanol–water partition coefficient (Wildman–Crippen LogP) is 7.26. The number of hydrogen-bond acceptors (Lipinski definition) is 5. The smallest absolute Gasteiger partial charge is 0.337 e. The summed E-state index contributed by atoms with van der Waals surface area (Å²) in [5.74, 6) is 0.171. The van der Waals surface area contributed by atoms with E-state index in [0.29, 0.717) is 34.5 Å². The van der Waals surface area contributed by atoms with Gasteiger partial charge in [-0.3, -0.25) is 4.79 Å². The number of rotatable bonds is 8. The summed E-state index contributed by atoms with van der Waals surface area (Å²) in [5, 5.41) is 9.35. The fourth-order valence-corrected chi connectivity index (χ4v) is 5.87. The van der Waals surface area contributed by atoms with E-state index in [4.69, 9.17) is 9.47 Å². The first-order valence-electron chi connectivity index (χ1n) is 13.9. The average molecular weight is 537 g/mol. The molecule has 0 saturated heterocycles. The molecule has 2 N–H and O–H groups in total. The Morgan fingerprint density at radius 2 is 1.62 bits per heavy atom. The van der Waals surface area contributed by atoms with E-state index < -0.39 is 5.97 Å². The second-order valence-corrected chi connectivity index (χ2v) is 10.5. The molecule has 0 aromatic heterocycles. The second-order valence-electron chi connectivity index (χ2n) is 10.5. The molecule has 1 amide bonds. The van der Waals surface area contributed by atoms with Crippen LogP contribution in [-0.4, -0.2) is 32.1 Å². The molecule has 40 heavy (non-hydrogen) atoms. The minimum Gasteiger partial charge on any atom is -0.495 e. The summed E-state index contributed by atoms with van der Waals surface area (Å²) in [6, 6.07) is 28.5. The van der Waals surface area contributed by atoms with Gasteiger partial charge in [-0.25, -0.2) is 4.79 Å². The molecule has 4 aromatic carbocycles. The van der Waals surface area contributed by atoms with Gasteiger partial charge in [0.15, 0.2) is 0 Å². The fraction of sp³-hybridized carbons (Fsp3) is 0.294. The highest BCUT2D eigenvalue weighted by molar-refractivity contribution is 6.05. The third-order valence-electron chi connectivity index (χ3n) is 7.96. The molecule has 5 rings (SSSR count). The zero-order valence-corrected chi connectivity index (χ0v) is 23.3. The van der Waals surface area contributed by atoms with Crippen molar-refractivity contribution in [3.63, 3.8) is 0 Å². The van der Waals surface area contributed by atoms with Crippen molar-refractivity contribution < 1.29 is 19.1 Å². The summed E-state index contributed by atoms with van der Waals surface area (Å²) in [6.07, 6.45) is 4.55. The Balaban J connectivity index is 1.24. The summed E-state index contributed by atoms with van der Waals surface area (Å²) in [4.78, 5) is 25.0. The zero-order chi connectivity index (χ0) is 28.1. The highest BCUT2D eigenvalue weighted by Gasteiger charge is 2.25. The summed E-state index contributed by atoms with van der Waals surface area (Å²) in [6.45, 7) is 2.26. The van der Waals surface area contributed by atoms with Gasteiger partial charge in [0.25, 0.3) is 5.91 Å². The number of amides is 1. The lowest BCUT2D eigenvalue weighted by Crippen LogP contribution is -2.35. The highest BCUT2D eigenvalue weighted by atomic mass is 16.5. The molecule has 0 spiro atoms. The Morgan fingerprint density at radius 3 is 2.40 bits per heavy atom. The minimum absolute atomic E-state index is 0.260. The molecule has 0 radical (unpaired) electrons. The molecule has 1 fully saturated rings. The Hall–Kier alpha value is -4.16. The molecule has 3 atom stereocenters. The first kappa shape index (κ1) is 27.4. The number of nitrogens with one attached hydrogen (secondary N) is 2. The Labute approximate surface area is 235 Å². The lowest BCUT2D eigenvalue weighted by atomic mass is 9.80. The van der Waals surface area contributed by atoms with E-state index in [1.807, 2.05) is 12.1 Å². The SMILES string of the molecule is COC(=O)c1ccc(OC)c(NC(=O)c2ccc([C@H]3CCC[C@H](N[C@H](C)c4cccc5ccccc45)C3)cc2)c1. The van der Waals surface area contributed by atoms with Gasteiger partial charge in [-0.05, 0) is 84.3 Å². The largest absolute Gasteiger partial charge is 0.495 e. The first-order valence-corrected chi connectivity index (χ1v) is 13.9. The second kappa shape index (κ2) is 12.3. The van der Waals surface area contributed by atoms with Crippen LogP contribution >= 0.6 is 0 Å². The van der Waals surface area contributed by atoms with Crippen LogP contribution in [0, 0.1) is 0 Å². The molecule has 0 aliphatic heterocycles. The standard InChI is InChI=1S/C34H36N2O4/c1-22(29-13-7-9-24-8-4-5-12-30(24)29)35-28-11-6-10-26(20-28)23-14-16-25(17-15-23)33(37)36-31-21-27(34(38)40-3)18-19-32(31)39-2/h4-5,7-9,12-19,21-22,26,28,35H,6,10-11,20H2,1-3H3,(H,36,37)/t22-,26+,28+/m1/s1. The third kappa shape index (κ3) is 6.02. The maximum absolute atomic E-state index is 13.0. The van der Waals surface area contributed by atoms with Crippen molar-refractivity contribution in [2.45, 2.75) is 50.6 Å². The molecule has 4 aromatic rings. The summed E-state index contributed by atoms with van der Waals surface area (Å²) in [5.41, 5.74) is 3.89. The van der Waals surface area contributed by atoms with Gasteiger partial charge in [-0.2, -0.15) is 0 Å². The summed E-state index contributed by atoms with van der Waals surface area (Å²) < 4.78 is 10.2. The van der Waals surface area contributed by atoms with Crippen molar-refractivity contribution in [3.8, 4) is 5.75 Å². The molecular formula is C34H36N2O4. The van der Waals surface area contributed by atoms with Crippen LogP contribution < -0.4 is 15.4 Å². The maximum Gasteiger partial charge on any atom is 0.337 e. The number of benzene rings is 4. The van der Waals surface area contributed by atoms with E-state index in [0.717, 1.165) is 12.8 Å². The number of fused-ring (bicyclic) bond motifs is 1. The predicted molar refractivity (Wildman–Crippen MR) is 159 cm³/mol. The lowest BCUT2D eigenvalue weighted by molar-refractivity contribution is 0.0600. The summed E-state index contributed by atoms with van der Waals surface area (Å²) >= 11 is 0. The molecule has 1 aliphatic carbocycles. The van der Waals surface area contributed by atoms with Gasteiger partial charge in [0, 0.05) is 17.6 Å². The molecule has 1 aliphatic rings. The quantitative estimate of drug-likeness (QED) is 0.232. The van der Waals surface area contributed by atoms with Crippen LogP contribution in [0.25, 0.3) is 10.8 Å². The third-order valence-corrected chi connectivity index (χ3v) is 7.96. The average Bonchev–Trinajstić information content (AvgIpc) is 3.00. The van der Waals surface area contributed by atoms with E-state index in [1.54, 1.807) is 18.2 Å². The van der Waals surface area contributed by atoms with Crippen LogP contribution in [0.1, 0.15) is 76.4 Å². The van der Waals surface area contributed by atoms with Gasteiger partial charge in [-0.15, -0.1) is 0 Å². The van der Waals surface area contributed by atoms with Crippen LogP contribution in [0.2, 0.25) is 0 Å². The van der Waals surface area contributed by atoms with E-state index in [1.165, 1.54) is 49.0 Å². The maximum atomic E-state index is 13.0. The highest BCUT2D eigenvalue weighted by Crippen LogP contribution is 2.35. The van der Waals surface area contributed by atoms with Gasteiger partial charge >= 0.3 is 5.97 Å². The normalized spacial score (nSPS) is 17.7. The van der Waals surface area contributed by atoms with Crippen molar-refractivity contribution in [1.29, 1.82) is 0 Å². The molecule has 6 nitrogen and oxygen atoms in total. The first-order chi connectivity index (χ1) is 19.5. The Bertz CT molecular complexity index is 1490. The zero-order valence-electron chi connectivity index (χ0n) is 23.3. The number of ether oxygens (including phenoxy) is 2. The molecule has 0 heterocycles. The van der Waals surface area contributed by atoms with Crippen molar-refractivity contribution >= 4 is 28.3 Å². The molecule has 1 saturated carbocycles. The van der Waals surface area contributed by atoms with Gasteiger partial charge in [0.1, 0.15) is 5.75 Å². The Kier molecular flexibility index (Phi) is 8.46. The van der Waals surface area contributed by atoms with Gasteiger partial charge in [0.2, 0.25) is 0 Å². The van der Waals surface area contributed by atoms with Crippen LogP contribution in [-0.2, 0) is 4.74 Å². The topological polar surface area (TPSA) is 76.7 Å². The van der Waals surface area contributed by atoms with Crippen LogP contribution in [0.4, 0.5) is 5.69 Å². The van der Waals surface area contributed by atoms with Crippen LogP contribution in [0.3, 0.4) is 0 Å². The van der Waals surface area contributed by atoms with Gasteiger partial charge in [0.05, 0.1) is 25.5 Å².